The lowest BCUT2D eigenvalue weighted by Gasteiger charge is -2.26. The van der Waals surface area contributed by atoms with Crippen LogP contribution in [0.4, 0.5) is 14.5 Å². The van der Waals surface area contributed by atoms with Gasteiger partial charge in [0.05, 0.1) is 0 Å². The van der Waals surface area contributed by atoms with Crippen molar-refractivity contribution in [3.05, 3.63) is 48.7 Å². The summed E-state index contributed by atoms with van der Waals surface area (Å²) in [5.74, 6) is -2.57. The average Bonchev–Trinajstić information content (AvgIpc) is 2.99. The van der Waals surface area contributed by atoms with Crippen LogP contribution in [0.3, 0.4) is 0 Å². The molecule has 0 atom stereocenters. The molecule has 1 aromatic carbocycles. The van der Waals surface area contributed by atoms with Crippen LogP contribution in [-0.2, 0) is 4.79 Å². The maximum atomic E-state index is 13.4. The SMILES string of the molecule is C=CC(=O)Nc1ccc2c(c1)c(/C=C/C1CCC(F)(F)CC1)cn2C(C)C. The molecule has 3 rings (SSSR count). The fraction of sp³-hybridized carbons (Fsp3) is 0.409. The van der Waals surface area contributed by atoms with E-state index in [0.29, 0.717) is 18.5 Å². The highest BCUT2D eigenvalue weighted by atomic mass is 19.3. The van der Waals surface area contributed by atoms with Crippen LogP contribution >= 0.6 is 0 Å². The van der Waals surface area contributed by atoms with Gasteiger partial charge in [-0.3, -0.25) is 4.79 Å². The van der Waals surface area contributed by atoms with E-state index in [2.05, 4.69) is 42.6 Å². The number of carbonyl (C=O) groups excluding carboxylic acids is 1. The van der Waals surface area contributed by atoms with Crippen molar-refractivity contribution in [1.82, 2.24) is 4.57 Å². The monoisotopic (exact) mass is 372 g/mol. The highest BCUT2D eigenvalue weighted by Crippen LogP contribution is 2.37. The van der Waals surface area contributed by atoms with E-state index in [0.717, 1.165) is 16.5 Å². The Hall–Kier alpha value is -2.43. The predicted molar refractivity (Wildman–Crippen MR) is 107 cm³/mol. The Balaban J connectivity index is 1.90. The first kappa shape index (κ1) is 19.3. The van der Waals surface area contributed by atoms with Gasteiger partial charge in [0.1, 0.15) is 0 Å². The van der Waals surface area contributed by atoms with E-state index in [1.807, 2.05) is 24.3 Å². The number of amides is 1. The summed E-state index contributed by atoms with van der Waals surface area (Å²) in [5, 5.41) is 3.82. The fourth-order valence-electron chi connectivity index (χ4n) is 3.61. The quantitative estimate of drug-likeness (QED) is 0.624. The van der Waals surface area contributed by atoms with Gasteiger partial charge in [-0.05, 0) is 62.4 Å². The van der Waals surface area contributed by atoms with Crippen molar-refractivity contribution >= 4 is 28.6 Å². The standard InChI is InChI=1S/C22H26F2N2O/c1-4-21(27)25-18-7-8-20-19(13-18)17(14-26(20)15(2)3)6-5-16-9-11-22(23,24)12-10-16/h4-8,13-16H,1,9-12H2,2-3H3,(H,25,27)/b6-5+. The van der Waals surface area contributed by atoms with Crippen molar-refractivity contribution in [1.29, 1.82) is 0 Å². The van der Waals surface area contributed by atoms with Crippen LogP contribution < -0.4 is 5.32 Å². The molecule has 0 aliphatic heterocycles. The molecule has 1 N–H and O–H groups in total. The maximum Gasteiger partial charge on any atom is 0.248 e. The third kappa shape index (κ3) is 4.46. The number of anilines is 1. The Morgan fingerprint density at radius 1 is 1.33 bits per heavy atom. The second-order valence-electron chi connectivity index (χ2n) is 7.56. The second kappa shape index (κ2) is 7.67. The highest BCUT2D eigenvalue weighted by Gasteiger charge is 2.33. The molecule has 0 saturated heterocycles. The van der Waals surface area contributed by atoms with Gasteiger partial charge >= 0.3 is 0 Å². The van der Waals surface area contributed by atoms with Crippen molar-refractivity contribution in [2.24, 2.45) is 5.92 Å². The van der Waals surface area contributed by atoms with Crippen LogP contribution in [0.15, 0.2) is 43.1 Å². The summed E-state index contributed by atoms with van der Waals surface area (Å²) in [5.41, 5.74) is 2.82. The molecule has 0 unspecified atom stereocenters. The van der Waals surface area contributed by atoms with Gasteiger partial charge in [-0.25, -0.2) is 8.78 Å². The van der Waals surface area contributed by atoms with Crippen molar-refractivity contribution < 1.29 is 13.6 Å². The first-order valence-electron chi connectivity index (χ1n) is 9.43. The molecule has 27 heavy (non-hydrogen) atoms. The summed E-state index contributed by atoms with van der Waals surface area (Å²) in [4.78, 5) is 11.6. The molecule has 1 aliphatic rings. The molecule has 3 nitrogen and oxygen atoms in total. The number of alkyl halides is 2. The maximum absolute atomic E-state index is 13.4. The summed E-state index contributed by atoms with van der Waals surface area (Å²) in [6.07, 6.45) is 8.39. The molecular formula is C22H26F2N2O. The van der Waals surface area contributed by atoms with Crippen molar-refractivity contribution in [3.8, 4) is 0 Å². The average molecular weight is 372 g/mol. The Morgan fingerprint density at radius 3 is 2.67 bits per heavy atom. The molecule has 5 heteroatoms. The molecule has 1 aromatic heterocycles. The number of carbonyl (C=O) groups is 1. The number of benzene rings is 1. The smallest absolute Gasteiger partial charge is 0.248 e. The fourth-order valence-corrected chi connectivity index (χ4v) is 3.61. The Kier molecular flexibility index (Phi) is 5.49. The summed E-state index contributed by atoms with van der Waals surface area (Å²) < 4.78 is 28.9. The molecule has 1 amide bonds. The number of allylic oxidation sites excluding steroid dienone is 1. The predicted octanol–water partition coefficient (Wildman–Crippen LogP) is 6.19. The lowest BCUT2D eigenvalue weighted by Crippen LogP contribution is -2.23. The van der Waals surface area contributed by atoms with E-state index >= 15 is 0 Å². The molecule has 144 valence electrons. The van der Waals surface area contributed by atoms with Crippen LogP contribution in [0.2, 0.25) is 0 Å². The summed E-state index contributed by atoms with van der Waals surface area (Å²) >= 11 is 0. The minimum Gasteiger partial charge on any atom is -0.344 e. The number of hydrogen-bond donors (Lipinski definition) is 1. The van der Waals surface area contributed by atoms with Gasteiger partial charge in [0.2, 0.25) is 11.8 Å². The van der Waals surface area contributed by atoms with Gasteiger partial charge in [0.25, 0.3) is 0 Å². The zero-order chi connectivity index (χ0) is 19.6. The summed E-state index contributed by atoms with van der Waals surface area (Å²) in [6, 6.07) is 6.10. The molecule has 1 saturated carbocycles. The van der Waals surface area contributed by atoms with E-state index in [1.165, 1.54) is 6.08 Å². The zero-order valence-corrected chi connectivity index (χ0v) is 15.8. The van der Waals surface area contributed by atoms with Crippen LogP contribution in [0.5, 0.6) is 0 Å². The third-order valence-corrected chi connectivity index (χ3v) is 5.18. The van der Waals surface area contributed by atoms with E-state index < -0.39 is 5.92 Å². The minimum absolute atomic E-state index is 0.0342. The molecule has 0 bridgehead atoms. The largest absolute Gasteiger partial charge is 0.344 e. The Bertz CT molecular complexity index is 870. The molecule has 1 aliphatic carbocycles. The topological polar surface area (TPSA) is 34.0 Å². The Labute approximate surface area is 158 Å². The van der Waals surface area contributed by atoms with Crippen LogP contribution in [0, 0.1) is 5.92 Å². The normalized spacial score (nSPS) is 17.7. The number of aromatic nitrogens is 1. The number of rotatable bonds is 5. The highest BCUT2D eigenvalue weighted by molar-refractivity contribution is 6.01. The van der Waals surface area contributed by atoms with Gasteiger partial charge in [-0.1, -0.05) is 18.7 Å². The number of fused-ring (bicyclic) bond motifs is 1. The number of nitrogens with zero attached hydrogens (tertiary/aromatic N) is 1. The molecule has 0 radical (unpaired) electrons. The van der Waals surface area contributed by atoms with E-state index in [1.54, 1.807) is 0 Å². The lowest BCUT2D eigenvalue weighted by atomic mass is 9.86. The van der Waals surface area contributed by atoms with Gasteiger partial charge in [-0.15, -0.1) is 0 Å². The van der Waals surface area contributed by atoms with E-state index in [4.69, 9.17) is 0 Å². The molecule has 0 spiro atoms. The molecular weight excluding hydrogens is 346 g/mol. The van der Waals surface area contributed by atoms with Gasteiger partial charge in [0, 0.05) is 41.7 Å². The lowest BCUT2D eigenvalue weighted by molar-refractivity contribution is -0.111. The minimum atomic E-state index is -2.50. The molecule has 1 heterocycles. The Morgan fingerprint density at radius 2 is 2.04 bits per heavy atom. The number of halogens is 2. The zero-order valence-electron chi connectivity index (χ0n) is 15.8. The molecule has 2 aromatic rings. The van der Waals surface area contributed by atoms with Crippen LogP contribution in [0.1, 0.15) is 51.1 Å². The second-order valence-corrected chi connectivity index (χ2v) is 7.56. The van der Waals surface area contributed by atoms with Crippen molar-refractivity contribution in [2.75, 3.05) is 5.32 Å². The van der Waals surface area contributed by atoms with Crippen LogP contribution in [-0.4, -0.2) is 16.4 Å². The van der Waals surface area contributed by atoms with Crippen molar-refractivity contribution in [3.63, 3.8) is 0 Å². The van der Waals surface area contributed by atoms with E-state index in [-0.39, 0.29) is 30.7 Å². The number of hydrogen-bond acceptors (Lipinski definition) is 1. The van der Waals surface area contributed by atoms with Gasteiger partial charge in [0.15, 0.2) is 0 Å². The first-order chi connectivity index (χ1) is 12.8. The van der Waals surface area contributed by atoms with Crippen molar-refractivity contribution in [2.45, 2.75) is 51.5 Å². The third-order valence-electron chi connectivity index (χ3n) is 5.18. The number of nitrogens with one attached hydrogen (secondary N) is 1. The van der Waals surface area contributed by atoms with E-state index in [9.17, 15) is 13.6 Å². The van der Waals surface area contributed by atoms with Crippen LogP contribution in [0.25, 0.3) is 17.0 Å². The first-order valence-corrected chi connectivity index (χ1v) is 9.43. The summed E-state index contributed by atoms with van der Waals surface area (Å²) in [7, 11) is 0. The van der Waals surface area contributed by atoms with Gasteiger partial charge in [-0.2, -0.15) is 0 Å². The molecule has 1 fully saturated rings. The summed E-state index contributed by atoms with van der Waals surface area (Å²) in [6.45, 7) is 7.70. The van der Waals surface area contributed by atoms with Gasteiger partial charge < -0.3 is 9.88 Å².